The van der Waals surface area contributed by atoms with Crippen LogP contribution >= 0.6 is 11.8 Å². The van der Waals surface area contributed by atoms with Crippen LogP contribution in [0.25, 0.3) is 0 Å². The zero-order valence-electron chi connectivity index (χ0n) is 16.0. The number of rotatable bonds is 8. The van der Waals surface area contributed by atoms with E-state index in [1.165, 1.54) is 23.9 Å². The molecule has 0 radical (unpaired) electrons. The fraction of sp³-hybridized carbons (Fsp3) is 0.250. The Morgan fingerprint density at radius 1 is 1.28 bits per heavy atom. The van der Waals surface area contributed by atoms with Crippen molar-refractivity contribution in [3.05, 3.63) is 76.0 Å². The Bertz CT molecular complexity index is 1030. The molecule has 0 aliphatic carbocycles. The van der Waals surface area contributed by atoms with E-state index in [2.05, 4.69) is 9.97 Å². The molecule has 0 aliphatic rings. The van der Waals surface area contributed by atoms with Gasteiger partial charge in [0.2, 0.25) is 0 Å². The second kappa shape index (κ2) is 8.87. The molecule has 3 aromatic rings. The second-order valence-electron chi connectivity index (χ2n) is 6.74. The summed E-state index contributed by atoms with van der Waals surface area (Å²) in [4.78, 5) is 31.4. The summed E-state index contributed by atoms with van der Waals surface area (Å²) in [7, 11) is 0. The molecule has 1 N–H and O–H groups in total. The van der Waals surface area contributed by atoms with Crippen LogP contribution in [0.15, 0.2) is 58.7 Å². The Morgan fingerprint density at radius 3 is 2.62 bits per heavy atom. The summed E-state index contributed by atoms with van der Waals surface area (Å²) in [5.74, 6) is -0.457. The molecule has 0 saturated carbocycles. The molecule has 0 spiro atoms. The molecule has 1 aromatic carbocycles. The number of nitro benzene ring substituents is 1. The first-order valence-electron chi connectivity index (χ1n) is 8.97. The van der Waals surface area contributed by atoms with Gasteiger partial charge in [0, 0.05) is 36.0 Å². The maximum Gasteiger partial charge on any atom is 0.311 e. The van der Waals surface area contributed by atoms with Crippen LogP contribution in [0.4, 0.5) is 5.69 Å². The van der Waals surface area contributed by atoms with E-state index in [0.717, 1.165) is 16.3 Å². The van der Waals surface area contributed by atoms with E-state index in [1.54, 1.807) is 24.5 Å². The molecular weight excluding hydrogens is 392 g/mol. The first-order valence-corrected chi connectivity index (χ1v) is 9.79. The van der Waals surface area contributed by atoms with E-state index >= 15 is 0 Å². The number of non-ortho nitro benzene ring substituents is 1. The minimum absolute atomic E-state index is 0.00653. The maximum absolute atomic E-state index is 11.4. The van der Waals surface area contributed by atoms with Gasteiger partial charge >= 0.3 is 5.97 Å². The smallest absolute Gasteiger partial charge is 0.311 e. The number of imidazole rings is 1. The van der Waals surface area contributed by atoms with Crippen molar-refractivity contribution in [2.24, 2.45) is 0 Å². The molecule has 9 heteroatoms. The molecule has 150 valence electrons. The number of aliphatic carboxylic acids is 1. The van der Waals surface area contributed by atoms with Gasteiger partial charge in [0.15, 0.2) is 0 Å². The third-order valence-electron chi connectivity index (χ3n) is 4.21. The molecule has 0 aliphatic heterocycles. The Kier molecular flexibility index (Phi) is 6.28. The first kappa shape index (κ1) is 20.5. The normalized spacial score (nSPS) is 11.0. The van der Waals surface area contributed by atoms with Crippen LogP contribution in [0.2, 0.25) is 0 Å². The molecule has 0 bridgehead atoms. The number of nitro groups is 1. The lowest BCUT2D eigenvalue weighted by atomic mass is 10.1. The third-order valence-corrected chi connectivity index (χ3v) is 5.33. The Hall–Kier alpha value is -3.20. The molecule has 0 fully saturated rings. The van der Waals surface area contributed by atoms with Crippen molar-refractivity contribution in [2.75, 3.05) is 0 Å². The lowest BCUT2D eigenvalue weighted by Gasteiger charge is -2.13. The lowest BCUT2D eigenvalue weighted by Crippen LogP contribution is -2.11. The zero-order valence-corrected chi connectivity index (χ0v) is 16.8. The summed E-state index contributed by atoms with van der Waals surface area (Å²) >= 11 is 1.36. The highest BCUT2D eigenvalue weighted by atomic mass is 32.2. The SMILES string of the molecule is CC(C)c1nc(CC(=O)O)n(Cc2ccncc2)c1Sc1cccc([N+](=O)[O-])c1. The average molecular weight is 412 g/mol. The van der Waals surface area contributed by atoms with Crippen molar-refractivity contribution in [3.8, 4) is 0 Å². The standard InChI is InChI=1S/C20H20N4O4S/c1-13(2)19-20(29-16-5-3-4-15(10-16)24(27)28)23(17(22-19)11-18(25)26)12-14-6-8-21-9-7-14/h3-10,13H,11-12H2,1-2H3,(H,25,26). The molecule has 0 unspecified atom stereocenters. The summed E-state index contributed by atoms with van der Waals surface area (Å²) in [5, 5.41) is 21.2. The van der Waals surface area contributed by atoms with Gasteiger partial charge in [-0.1, -0.05) is 31.7 Å². The van der Waals surface area contributed by atoms with Crippen LogP contribution in [0.1, 0.15) is 36.8 Å². The van der Waals surface area contributed by atoms with Gasteiger partial charge in [0.25, 0.3) is 5.69 Å². The van der Waals surface area contributed by atoms with Gasteiger partial charge in [-0.05, 0) is 29.7 Å². The van der Waals surface area contributed by atoms with E-state index in [1.807, 2.05) is 30.5 Å². The molecule has 0 amide bonds. The maximum atomic E-state index is 11.4. The number of carboxylic acid groups (broad SMARTS) is 1. The fourth-order valence-electron chi connectivity index (χ4n) is 2.86. The minimum Gasteiger partial charge on any atom is -0.481 e. The Balaban J connectivity index is 2.09. The summed E-state index contributed by atoms with van der Waals surface area (Å²) in [6.07, 6.45) is 3.15. The van der Waals surface area contributed by atoms with E-state index in [-0.39, 0.29) is 18.0 Å². The number of carbonyl (C=O) groups is 1. The van der Waals surface area contributed by atoms with Gasteiger partial charge in [0.1, 0.15) is 17.3 Å². The minimum atomic E-state index is -0.965. The van der Waals surface area contributed by atoms with Gasteiger partial charge in [0.05, 0.1) is 10.6 Å². The van der Waals surface area contributed by atoms with Gasteiger partial charge in [-0.3, -0.25) is 19.9 Å². The van der Waals surface area contributed by atoms with Crippen LogP contribution in [0.3, 0.4) is 0 Å². The first-order chi connectivity index (χ1) is 13.8. The largest absolute Gasteiger partial charge is 0.481 e. The topological polar surface area (TPSA) is 111 Å². The molecule has 0 saturated heterocycles. The predicted molar refractivity (Wildman–Crippen MR) is 108 cm³/mol. The highest BCUT2D eigenvalue weighted by Crippen LogP contribution is 2.36. The van der Waals surface area contributed by atoms with E-state index in [9.17, 15) is 20.0 Å². The van der Waals surface area contributed by atoms with Crippen molar-refractivity contribution in [3.63, 3.8) is 0 Å². The monoisotopic (exact) mass is 412 g/mol. The Morgan fingerprint density at radius 2 is 2.00 bits per heavy atom. The van der Waals surface area contributed by atoms with Gasteiger partial charge < -0.3 is 9.67 Å². The molecule has 29 heavy (non-hydrogen) atoms. The second-order valence-corrected chi connectivity index (χ2v) is 7.80. The summed E-state index contributed by atoms with van der Waals surface area (Å²) in [6, 6.07) is 10.1. The summed E-state index contributed by atoms with van der Waals surface area (Å²) in [6.45, 7) is 4.41. The van der Waals surface area contributed by atoms with E-state index in [4.69, 9.17) is 0 Å². The van der Waals surface area contributed by atoms with Crippen LogP contribution in [-0.2, 0) is 17.8 Å². The zero-order chi connectivity index (χ0) is 21.0. The van der Waals surface area contributed by atoms with Crippen molar-refractivity contribution in [1.29, 1.82) is 0 Å². The molecule has 2 aromatic heterocycles. The van der Waals surface area contributed by atoms with Gasteiger partial charge in [-0.25, -0.2) is 4.98 Å². The molecule has 0 atom stereocenters. The third kappa shape index (κ3) is 5.00. The molecule has 3 rings (SSSR count). The highest BCUT2D eigenvalue weighted by molar-refractivity contribution is 7.99. The van der Waals surface area contributed by atoms with Crippen molar-refractivity contribution in [1.82, 2.24) is 14.5 Å². The number of nitrogens with zero attached hydrogens (tertiary/aromatic N) is 4. The number of hydrogen-bond donors (Lipinski definition) is 1. The summed E-state index contributed by atoms with van der Waals surface area (Å²) < 4.78 is 1.88. The van der Waals surface area contributed by atoms with Gasteiger partial charge in [-0.15, -0.1) is 0 Å². The van der Waals surface area contributed by atoms with Crippen LogP contribution < -0.4 is 0 Å². The fourth-order valence-corrected chi connectivity index (χ4v) is 4.08. The average Bonchev–Trinajstić information content (AvgIpc) is 2.99. The number of pyridine rings is 1. The number of carboxylic acids is 1. The Labute approximate surface area is 171 Å². The number of aromatic nitrogens is 3. The van der Waals surface area contributed by atoms with Crippen LogP contribution in [0, 0.1) is 10.1 Å². The molecule has 2 heterocycles. The van der Waals surface area contributed by atoms with Crippen LogP contribution in [-0.4, -0.2) is 30.5 Å². The predicted octanol–water partition coefficient (Wildman–Crippen LogP) is 4.14. The highest BCUT2D eigenvalue weighted by Gasteiger charge is 2.22. The quantitative estimate of drug-likeness (QED) is 0.437. The lowest BCUT2D eigenvalue weighted by molar-refractivity contribution is -0.385. The van der Waals surface area contributed by atoms with E-state index < -0.39 is 10.9 Å². The number of hydrogen-bond acceptors (Lipinski definition) is 6. The molecular formula is C20H20N4O4S. The summed E-state index contributed by atoms with van der Waals surface area (Å²) in [5.41, 5.74) is 1.74. The van der Waals surface area contributed by atoms with E-state index in [0.29, 0.717) is 17.3 Å². The van der Waals surface area contributed by atoms with Gasteiger partial charge in [-0.2, -0.15) is 0 Å². The van der Waals surface area contributed by atoms with Crippen molar-refractivity contribution >= 4 is 23.4 Å². The van der Waals surface area contributed by atoms with Crippen molar-refractivity contribution < 1.29 is 14.8 Å². The molecule has 8 nitrogen and oxygen atoms in total. The van der Waals surface area contributed by atoms with Crippen molar-refractivity contribution in [2.45, 2.75) is 42.7 Å². The van der Waals surface area contributed by atoms with Crippen LogP contribution in [0.5, 0.6) is 0 Å². The number of benzene rings is 1.